The molecule has 1 aliphatic carbocycles. The molecule has 0 unspecified atom stereocenters. The van der Waals surface area contributed by atoms with E-state index >= 15 is 0 Å². The van der Waals surface area contributed by atoms with Crippen molar-refractivity contribution in [2.75, 3.05) is 19.7 Å². The number of nitrogens with zero attached hydrogens (tertiary/aromatic N) is 2. The maximum Gasteiger partial charge on any atom is 0.338 e. The Bertz CT molecular complexity index is 1120. The molecule has 0 N–H and O–H groups in total. The Balaban J connectivity index is 1.76. The van der Waals surface area contributed by atoms with Gasteiger partial charge in [0.25, 0.3) is 0 Å². The van der Waals surface area contributed by atoms with Crippen LogP contribution < -0.4 is 0 Å². The van der Waals surface area contributed by atoms with E-state index in [9.17, 15) is 22.4 Å². The number of aryl methyl sites for hydroxylation is 1. The largest absolute Gasteiger partial charge is 0.454 e. The van der Waals surface area contributed by atoms with Crippen LogP contribution in [-0.2, 0) is 14.8 Å². The summed E-state index contributed by atoms with van der Waals surface area (Å²) in [4.78, 5) is 24.5. The zero-order valence-electron chi connectivity index (χ0n) is 18.1. The molecule has 0 aliphatic heterocycles. The average Bonchev–Trinajstić information content (AvgIpc) is 3.51. The first-order valence-corrected chi connectivity index (χ1v) is 11.7. The summed E-state index contributed by atoms with van der Waals surface area (Å²) in [5, 5.41) is 0. The normalized spacial score (nSPS) is 14.1. The number of Topliss-reactive ketones (excluding diaryl/α,β-unsaturated/α-hetero) is 1. The summed E-state index contributed by atoms with van der Waals surface area (Å²) in [6.45, 7) is 6.94. The molecule has 2 aromatic rings. The van der Waals surface area contributed by atoms with Crippen LogP contribution in [0.4, 0.5) is 4.39 Å². The molecule has 0 atom stereocenters. The molecular formula is C22H27FN2O5S. The predicted molar refractivity (Wildman–Crippen MR) is 113 cm³/mol. The molecule has 1 saturated carbocycles. The molecule has 168 valence electrons. The first-order valence-electron chi connectivity index (χ1n) is 10.3. The molecule has 1 heterocycles. The lowest BCUT2D eigenvalue weighted by Gasteiger charge is -2.19. The minimum atomic E-state index is -4.09. The number of sulfonamides is 1. The Labute approximate surface area is 181 Å². The number of carbonyl (C=O) groups is 2. The average molecular weight is 451 g/mol. The highest BCUT2D eigenvalue weighted by Crippen LogP contribution is 2.38. The summed E-state index contributed by atoms with van der Waals surface area (Å²) in [5.41, 5.74) is 2.19. The lowest BCUT2D eigenvalue weighted by Crippen LogP contribution is -2.31. The van der Waals surface area contributed by atoms with E-state index in [1.165, 1.54) is 0 Å². The molecule has 9 heteroatoms. The van der Waals surface area contributed by atoms with Crippen LogP contribution in [0, 0.1) is 19.7 Å². The van der Waals surface area contributed by atoms with Crippen LogP contribution in [0.2, 0.25) is 0 Å². The van der Waals surface area contributed by atoms with Crippen LogP contribution in [0.25, 0.3) is 0 Å². The molecule has 7 nitrogen and oxygen atoms in total. The maximum absolute atomic E-state index is 14.2. The fourth-order valence-corrected chi connectivity index (χ4v) is 5.33. The second-order valence-electron chi connectivity index (χ2n) is 7.62. The van der Waals surface area contributed by atoms with Crippen molar-refractivity contribution in [1.82, 2.24) is 8.87 Å². The van der Waals surface area contributed by atoms with E-state index in [0.29, 0.717) is 11.6 Å². The zero-order chi connectivity index (χ0) is 22.9. The third kappa shape index (κ3) is 4.57. The SMILES string of the molecule is CCN(CC)S(=O)(=O)c1cc(C(=O)OCC(=O)c2cc(C)n(C3CC3)c2C)ccc1F. The lowest BCUT2D eigenvalue weighted by molar-refractivity contribution is 0.0474. The van der Waals surface area contributed by atoms with E-state index in [1.807, 2.05) is 13.8 Å². The van der Waals surface area contributed by atoms with E-state index in [-0.39, 0.29) is 24.4 Å². The molecule has 0 amide bonds. The summed E-state index contributed by atoms with van der Waals surface area (Å²) in [5.74, 6) is -2.18. The molecule has 0 saturated heterocycles. The minimum absolute atomic E-state index is 0.136. The van der Waals surface area contributed by atoms with Crippen molar-refractivity contribution in [3.63, 3.8) is 0 Å². The monoisotopic (exact) mass is 450 g/mol. The highest BCUT2D eigenvalue weighted by atomic mass is 32.2. The van der Waals surface area contributed by atoms with Gasteiger partial charge in [-0.15, -0.1) is 0 Å². The van der Waals surface area contributed by atoms with Gasteiger partial charge in [-0.05, 0) is 51.0 Å². The van der Waals surface area contributed by atoms with E-state index in [4.69, 9.17) is 4.74 Å². The summed E-state index contributed by atoms with van der Waals surface area (Å²) in [6.07, 6.45) is 2.17. The molecule has 1 aromatic heterocycles. The first kappa shape index (κ1) is 23.1. The van der Waals surface area contributed by atoms with E-state index in [2.05, 4.69) is 4.57 Å². The van der Waals surface area contributed by atoms with Gasteiger partial charge < -0.3 is 9.30 Å². The number of carbonyl (C=O) groups excluding carboxylic acids is 2. The zero-order valence-corrected chi connectivity index (χ0v) is 19.0. The summed E-state index contributed by atoms with van der Waals surface area (Å²) < 4.78 is 47.9. The molecule has 3 rings (SSSR count). The Morgan fingerprint density at radius 1 is 1.16 bits per heavy atom. The van der Waals surface area contributed by atoms with Crippen molar-refractivity contribution in [2.45, 2.75) is 51.5 Å². The van der Waals surface area contributed by atoms with Gasteiger partial charge in [0.05, 0.1) is 5.56 Å². The van der Waals surface area contributed by atoms with Gasteiger partial charge in [0.2, 0.25) is 15.8 Å². The fourth-order valence-electron chi connectivity index (χ4n) is 3.78. The number of esters is 1. The number of ether oxygens (including phenoxy) is 1. The molecular weight excluding hydrogens is 423 g/mol. The summed E-state index contributed by atoms with van der Waals surface area (Å²) in [6, 6.07) is 5.22. The summed E-state index contributed by atoms with van der Waals surface area (Å²) >= 11 is 0. The van der Waals surface area contributed by atoms with E-state index in [0.717, 1.165) is 46.7 Å². The fraction of sp³-hybridized carbons (Fsp3) is 0.455. The maximum atomic E-state index is 14.2. The number of rotatable bonds is 9. The number of halogens is 1. The van der Waals surface area contributed by atoms with Crippen LogP contribution in [0.3, 0.4) is 0 Å². The van der Waals surface area contributed by atoms with Crippen molar-refractivity contribution in [1.29, 1.82) is 0 Å². The topological polar surface area (TPSA) is 85.7 Å². The predicted octanol–water partition coefficient (Wildman–Crippen LogP) is 3.65. The van der Waals surface area contributed by atoms with Crippen LogP contribution in [0.5, 0.6) is 0 Å². The van der Waals surface area contributed by atoms with E-state index in [1.54, 1.807) is 19.9 Å². The number of benzene rings is 1. The molecule has 1 fully saturated rings. The Kier molecular flexibility index (Phi) is 6.66. The van der Waals surface area contributed by atoms with Gasteiger partial charge in [0, 0.05) is 36.1 Å². The first-order chi connectivity index (χ1) is 14.6. The second kappa shape index (κ2) is 8.92. The van der Waals surface area contributed by atoms with Gasteiger partial charge in [0.1, 0.15) is 10.7 Å². The quantitative estimate of drug-likeness (QED) is 0.430. The number of hydrogen-bond donors (Lipinski definition) is 0. The number of aromatic nitrogens is 1. The number of hydrogen-bond acceptors (Lipinski definition) is 5. The van der Waals surface area contributed by atoms with Crippen molar-refractivity contribution >= 4 is 21.8 Å². The lowest BCUT2D eigenvalue weighted by atomic mass is 10.1. The second-order valence-corrected chi connectivity index (χ2v) is 9.53. The van der Waals surface area contributed by atoms with Crippen LogP contribution in [0.15, 0.2) is 29.2 Å². The highest BCUT2D eigenvalue weighted by molar-refractivity contribution is 7.89. The Morgan fingerprint density at radius 2 is 1.81 bits per heavy atom. The van der Waals surface area contributed by atoms with Gasteiger partial charge in [0.15, 0.2) is 6.61 Å². The molecule has 1 aromatic carbocycles. The Morgan fingerprint density at radius 3 is 2.39 bits per heavy atom. The van der Waals surface area contributed by atoms with Gasteiger partial charge >= 0.3 is 5.97 Å². The van der Waals surface area contributed by atoms with Crippen molar-refractivity contribution in [3.05, 3.63) is 52.6 Å². The van der Waals surface area contributed by atoms with Crippen LogP contribution in [-0.4, -0.2) is 48.7 Å². The van der Waals surface area contributed by atoms with Gasteiger partial charge in [-0.1, -0.05) is 13.8 Å². The Hall–Kier alpha value is -2.52. The summed E-state index contributed by atoms with van der Waals surface area (Å²) in [7, 11) is -4.09. The highest BCUT2D eigenvalue weighted by Gasteiger charge is 2.29. The van der Waals surface area contributed by atoms with Crippen molar-refractivity contribution in [2.24, 2.45) is 0 Å². The smallest absolute Gasteiger partial charge is 0.338 e. The molecule has 0 bridgehead atoms. The van der Waals surface area contributed by atoms with Crippen LogP contribution >= 0.6 is 0 Å². The third-order valence-electron chi connectivity index (χ3n) is 5.52. The molecule has 0 spiro atoms. The van der Waals surface area contributed by atoms with Crippen molar-refractivity contribution in [3.8, 4) is 0 Å². The minimum Gasteiger partial charge on any atom is -0.454 e. The molecule has 1 aliphatic rings. The number of ketones is 1. The third-order valence-corrected chi connectivity index (χ3v) is 7.59. The van der Waals surface area contributed by atoms with Crippen molar-refractivity contribution < 1.29 is 27.1 Å². The van der Waals surface area contributed by atoms with Gasteiger partial charge in [-0.2, -0.15) is 4.31 Å². The standard InChI is InChI=1S/C22H27FN2O5S/c1-5-24(6-2)31(28,29)21-12-16(7-10-19(21)23)22(27)30-13-20(26)18-11-14(3)25(15(18)4)17-8-9-17/h7,10-12,17H,5-6,8-9,13H2,1-4H3. The molecule has 31 heavy (non-hydrogen) atoms. The van der Waals surface area contributed by atoms with Gasteiger partial charge in [-0.3, -0.25) is 4.79 Å². The molecule has 0 radical (unpaired) electrons. The van der Waals surface area contributed by atoms with Gasteiger partial charge in [-0.25, -0.2) is 17.6 Å². The van der Waals surface area contributed by atoms with E-state index < -0.39 is 33.3 Å². The van der Waals surface area contributed by atoms with Crippen LogP contribution in [0.1, 0.15) is 64.8 Å².